The van der Waals surface area contributed by atoms with Crippen molar-refractivity contribution in [3.8, 4) is 5.75 Å². The number of sulfonamides is 1. The van der Waals surface area contributed by atoms with Crippen molar-refractivity contribution in [2.24, 2.45) is 0 Å². The maximum Gasteiger partial charge on any atom is 0.253 e. The highest BCUT2D eigenvalue weighted by Crippen LogP contribution is 2.23. The van der Waals surface area contributed by atoms with E-state index in [1.54, 1.807) is 41.0 Å². The molecule has 2 aromatic rings. The summed E-state index contributed by atoms with van der Waals surface area (Å²) in [6, 6.07) is 13.0. The molecule has 1 aliphatic rings. The Labute approximate surface area is 244 Å². The predicted molar refractivity (Wildman–Crippen MR) is 159 cm³/mol. The predicted octanol–water partition coefficient (Wildman–Crippen LogP) is 5.09. The molecule has 2 aromatic carbocycles. The number of likely N-dealkylation sites (tertiary alicyclic amines) is 1. The lowest BCUT2D eigenvalue weighted by Crippen LogP contribution is -2.51. The first-order chi connectivity index (χ1) is 19.7. The van der Waals surface area contributed by atoms with E-state index in [1.165, 1.54) is 16.4 Å². The second-order valence-electron chi connectivity index (χ2n) is 10.5. The summed E-state index contributed by atoms with van der Waals surface area (Å²) < 4.78 is 46.2. The van der Waals surface area contributed by atoms with Crippen molar-refractivity contribution in [2.75, 3.05) is 38.5 Å². The van der Waals surface area contributed by atoms with E-state index in [-0.39, 0.29) is 49.1 Å². The lowest BCUT2D eigenvalue weighted by atomic mass is 10.0. The number of unbranched alkanes of at least 4 members (excludes halogenated alkanes) is 1. The number of ether oxygens (including phenoxy) is 1. The molecular weight excluding hydrogens is 545 g/mol. The van der Waals surface area contributed by atoms with Crippen LogP contribution in [0.4, 0.5) is 4.39 Å². The second-order valence-corrected chi connectivity index (χ2v) is 12.6. The number of hydrogen-bond acceptors (Lipinski definition) is 5. The Morgan fingerprint density at radius 1 is 0.951 bits per heavy atom. The van der Waals surface area contributed by atoms with Crippen LogP contribution in [-0.4, -0.2) is 78.9 Å². The summed E-state index contributed by atoms with van der Waals surface area (Å²) in [4.78, 5) is 30.4. The zero-order valence-electron chi connectivity index (χ0n) is 24.6. The molecule has 226 valence electrons. The third-order valence-electron chi connectivity index (χ3n) is 7.29. The number of hydrogen-bond donors (Lipinski definition) is 0. The zero-order valence-corrected chi connectivity index (χ0v) is 25.4. The average molecular weight is 590 g/mol. The van der Waals surface area contributed by atoms with E-state index >= 15 is 0 Å². The van der Waals surface area contributed by atoms with Gasteiger partial charge in [0.1, 0.15) is 11.6 Å². The number of piperidine rings is 1. The van der Waals surface area contributed by atoms with Gasteiger partial charge in [0.25, 0.3) is 5.91 Å². The number of amides is 2. The SMILES string of the molecule is CCCCOc1ccc(C(=O)N2CCC(N(Cc3ccc(F)cc3)C(=O)CN(CCC)S(=O)(=O)CCC)CC2)cc1. The molecule has 2 amide bonds. The van der Waals surface area contributed by atoms with Crippen LogP contribution in [0.1, 0.15) is 75.2 Å². The van der Waals surface area contributed by atoms with Crippen molar-refractivity contribution in [3.05, 3.63) is 65.5 Å². The molecule has 0 aromatic heterocycles. The zero-order chi connectivity index (χ0) is 29.8. The van der Waals surface area contributed by atoms with Crippen LogP contribution in [-0.2, 0) is 21.4 Å². The summed E-state index contributed by atoms with van der Waals surface area (Å²) in [6.45, 7) is 7.65. The highest BCUT2D eigenvalue weighted by atomic mass is 32.2. The smallest absolute Gasteiger partial charge is 0.253 e. The van der Waals surface area contributed by atoms with Gasteiger partial charge in [-0.05, 0) is 74.1 Å². The van der Waals surface area contributed by atoms with Crippen LogP contribution < -0.4 is 4.74 Å². The number of rotatable bonds is 15. The number of nitrogens with zero attached hydrogens (tertiary/aromatic N) is 3. The van der Waals surface area contributed by atoms with Crippen molar-refractivity contribution in [1.29, 1.82) is 0 Å². The molecule has 0 spiro atoms. The van der Waals surface area contributed by atoms with Crippen LogP contribution in [0.15, 0.2) is 48.5 Å². The Morgan fingerprint density at radius 3 is 2.20 bits per heavy atom. The Kier molecular flexibility index (Phi) is 12.6. The van der Waals surface area contributed by atoms with Gasteiger partial charge >= 0.3 is 0 Å². The maximum absolute atomic E-state index is 13.7. The van der Waals surface area contributed by atoms with E-state index in [0.717, 1.165) is 24.2 Å². The quantitative estimate of drug-likeness (QED) is 0.270. The fourth-order valence-corrected chi connectivity index (χ4v) is 6.54. The van der Waals surface area contributed by atoms with Crippen LogP contribution in [0.5, 0.6) is 5.75 Å². The topological polar surface area (TPSA) is 87.2 Å². The minimum absolute atomic E-state index is 0.00934. The lowest BCUT2D eigenvalue weighted by molar-refractivity contribution is -0.135. The number of carbonyl (C=O) groups excluding carboxylic acids is 2. The van der Waals surface area contributed by atoms with Gasteiger partial charge in [0.05, 0.1) is 18.9 Å². The Balaban J connectivity index is 1.70. The third-order valence-corrected chi connectivity index (χ3v) is 9.31. The number of halogens is 1. The normalized spacial score (nSPS) is 14.3. The van der Waals surface area contributed by atoms with E-state index in [1.807, 2.05) is 19.1 Å². The molecule has 0 aliphatic carbocycles. The van der Waals surface area contributed by atoms with Gasteiger partial charge < -0.3 is 14.5 Å². The van der Waals surface area contributed by atoms with Crippen LogP contribution in [0.3, 0.4) is 0 Å². The summed E-state index contributed by atoms with van der Waals surface area (Å²) in [6.07, 6.45) is 4.21. The summed E-state index contributed by atoms with van der Waals surface area (Å²) >= 11 is 0. The Morgan fingerprint density at radius 2 is 1.61 bits per heavy atom. The molecule has 8 nitrogen and oxygen atoms in total. The molecule has 1 aliphatic heterocycles. The molecule has 41 heavy (non-hydrogen) atoms. The second kappa shape index (κ2) is 15.9. The maximum atomic E-state index is 13.7. The molecular formula is C31H44FN3O5S. The first kappa shape index (κ1) is 32.5. The third kappa shape index (κ3) is 9.53. The Bertz CT molecular complexity index is 1210. The molecule has 0 radical (unpaired) electrons. The molecule has 1 saturated heterocycles. The minimum Gasteiger partial charge on any atom is -0.494 e. The van der Waals surface area contributed by atoms with Crippen molar-refractivity contribution in [1.82, 2.24) is 14.1 Å². The van der Waals surface area contributed by atoms with Crippen molar-refractivity contribution >= 4 is 21.8 Å². The molecule has 0 unspecified atom stereocenters. The number of carbonyl (C=O) groups is 2. The summed E-state index contributed by atoms with van der Waals surface area (Å²) in [7, 11) is -3.56. The van der Waals surface area contributed by atoms with Gasteiger partial charge in [0, 0.05) is 37.8 Å². The summed E-state index contributed by atoms with van der Waals surface area (Å²) in [5.74, 6) is 0.0102. The lowest BCUT2D eigenvalue weighted by Gasteiger charge is -2.39. The van der Waals surface area contributed by atoms with E-state index in [0.29, 0.717) is 50.9 Å². The summed E-state index contributed by atoms with van der Waals surface area (Å²) in [5.41, 5.74) is 1.35. The van der Waals surface area contributed by atoms with Gasteiger partial charge in [-0.25, -0.2) is 12.8 Å². The van der Waals surface area contributed by atoms with E-state index < -0.39 is 10.0 Å². The van der Waals surface area contributed by atoms with Crippen molar-refractivity contribution in [2.45, 2.75) is 71.9 Å². The first-order valence-corrected chi connectivity index (χ1v) is 16.3. The molecule has 10 heteroatoms. The van der Waals surface area contributed by atoms with Crippen LogP contribution >= 0.6 is 0 Å². The fraction of sp³-hybridized carbons (Fsp3) is 0.548. The molecule has 0 bridgehead atoms. The average Bonchev–Trinajstić information content (AvgIpc) is 2.97. The minimum atomic E-state index is -3.56. The van der Waals surface area contributed by atoms with Crippen LogP contribution in [0.2, 0.25) is 0 Å². The van der Waals surface area contributed by atoms with E-state index in [9.17, 15) is 22.4 Å². The highest BCUT2D eigenvalue weighted by molar-refractivity contribution is 7.89. The standard InChI is InChI=1S/C31H44FN3O5S/c1-4-7-21-40-29-14-10-26(11-15-29)31(37)33-19-16-28(17-20-33)35(23-25-8-12-27(32)13-9-25)30(36)24-34(18-5-2)41(38,39)22-6-3/h8-15,28H,4-7,16-24H2,1-3H3. The van der Waals surface area contributed by atoms with Gasteiger partial charge in [-0.15, -0.1) is 0 Å². The van der Waals surface area contributed by atoms with Gasteiger partial charge in [-0.1, -0.05) is 39.3 Å². The van der Waals surface area contributed by atoms with Gasteiger partial charge in [-0.2, -0.15) is 4.31 Å². The van der Waals surface area contributed by atoms with Gasteiger partial charge in [-0.3, -0.25) is 9.59 Å². The van der Waals surface area contributed by atoms with E-state index in [4.69, 9.17) is 4.74 Å². The van der Waals surface area contributed by atoms with Crippen molar-refractivity contribution in [3.63, 3.8) is 0 Å². The van der Waals surface area contributed by atoms with Crippen LogP contribution in [0.25, 0.3) is 0 Å². The Hall–Kier alpha value is -2.98. The molecule has 0 atom stereocenters. The first-order valence-electron chi connectivity index (χ1n) is 14.7. The van der Waals surface area contributed by atoms with Crippen LogP contribution in [0, 0.1) is 5.82 Å². The van der Waals surface area contributed by atoms with E-state index in [2.05, 4.69) is 6.92 Å². The monoisotopic (exact) mass is 589 g/mol. The van der Waals surface area contributed by atoms with Crippen molar-refractivity contribution < 1.29 is 27.1 Å². The van der Waals surface area contributed by atoms with Gasteiger partial charge in [0.15, 0.2) is 0 Å². The summed E-state index contributed by atoms with van der Waals surface area (Å²) in [5, 5.41) is 0. The largest absolute Gasteiger partial charge is 0.494 e. The molecule has 0 N–H and O–H groups in total. The molecule has 1 fully saturated rings. The molecule has 1 heterocycles. The fourth-order valence-electron chi connectivity index (χ4n) is 4.99. The number of benzene rings is 2. The molecule has 3 rings (SSSR count). The highest BCUT2D eigenvalue weighted by Gasteiger charge is 2.32. The molecule has 0 saturated carbocycles. The van der Waals surface area contributed by atoms with Gasteiger partial charge in [0.2, 0.25) is 15.9 Å².